The second kappa shape index (κ2) is 12.5. The summed E-state index contributed by atoms with van der Waals surface area (Å²) in [6.45, 7) is 5.33. The Bertz CT molecular complexity index is 1040. The van der Waals surface area contributed by atoms with Crippen LogP contribution in [0.5, 0.6) is 0 Å². The van der Waals surface area contributed by atoms with Crippen LogP contribution in [0.3, 0.4) is 0 Å². The number of nitrogens with two attached hydrogens (primary N) is 1. The van der Waals surface area contributed by atoms with E-state index in [1.54, 1.807) is 24.3 Å². The first kappa shape index (κ1) is 26.5. The first-order valence-corrected chi connectivity index (χ1v) is 13.1. The molecule has 4 N–H and O–H groups in total. The summed E-state index contributed by atoms with van der Waals surface area (Å²) in [5, 5.41) is 12.4. The highest BCUT2D eigenvalue weighted by Crippen LogP contribution is 2.20. The fraction of sp³-hybridized carbons (Fsp3) is 0.522. The van der Waals surface area contributed by atoms with Gasteiger partial charge in [-0.25, -0.2) is 13.4 Å². The molecule has 9 nitrogen and oxygen atoms in total. The van der Waals surface area contributed by atoms with Gasteiger partial charge in [0.2, 0.25) is 16.0 Å². The number of carboxylic acids is 1. The normalized spacial score (nSPS) is 11.6. The number of aromatic nitrogens is 2. The Balaban J connectivity index is 2.08. The highest BCUT2D eigenvalue weighted by molar-refractivity contribution is 7.88. The minimum atomic E-state index is -3.45. The van der Waals surface area contributed by atoms with Crippen LogP contribution in [0.1, 0.15) is 55.0 Å². The summed E-state index contributed by atoms with van der Waals surface area (Å²) in [6, 6.07) is 7.02. The van der Waals surface area contributed by atoms with Gasteiger partial charge in [0.05, 0.1) is 12.7 Å². The third-order valence-corrected chi connectivity index (χ3v) is 6.56. The molecule has 0 spiro atoms. The molecule has 2 rings (SSSR count). The van der Waals surface area contributed by atoms with E-state index in [2.05, 4.69) is 22.2 Å². The summed E-state index contributed by atoms with van der Waals surface area (Å²) in [6.07, 6.45) is 5.55. The molecule has 1 aromatic carbocycles. The van der Waals surface area contributed by atoms with Gasteiger partial charge in [-0.05, 0) is 37.3 Å². The van der Waals surface area contributed by atoms with Crippen LogP contribution in [0, 0.1) is 6.92 Å². The van der Waals surface area contributed by atoms with E-state index < -0.39 is 16.0 Å². The van der Waals surface area contributed by atoms with Crippen LogP contribution in [0.4, 0.5) is 11.8 Å². The number of sulfonamides is 1. The van der Waals surface area contributed by atoms with Gasteiger partial charge in [0.1, 0.15) is 5.82 Å². The maximum atomic E-state index is 12.4. The van der Waals surface area contributed by atoms with E-state index in [1.807, 2.05) is 6.92 Å². The van der Waals surface area contributed by atoms with Crippen molar-refractivity contribution in [3.63, 3.8) is 0 Å². The minimum absolute atomic E-state index is 0.100. The van der Waals surface area contributed by atoms with Gasteiger partial charge in [-0.3, -0.25) is 4.79 Å². The fourth-order valence-electron chi connectivity index (χ4n) is 3.66. The third-order valence-electron chi connectivity index (χ3n) is 5.31. The quantitative estimate of drug-likeness (QED) is 0.353. The first-order valence-electron chi connectivity index (χ1n) is 11.2. The molecule has 0 atom stereocenters. The Labute approximate surface area is 196 Å². The molecule has 0 bridgehead atoms. The molecule has 2 aromatic rings. The van der Waals surface area contributed by atoms with Gasteiger partial charge in [-0.15, -0.1) is 0 Å². The Kier molecular flexibility index (Phi) is 10.1. The summed E-state index contributed by atoms with van der Waals surface area (Å²) in [5.74, 6) is 0.00365. The van der Waals surface area contributed by atoms with E-state index in [0.717, 1.165) is 42.6 Å². The van der Waals surface area contributed by atoms with Crippen molar-refractivity contribution in [3.8, 4) is 0 Å². The second-order valence-corrected chi connectivity index (χ2v) is 10.2. The van der Waals surface area contributed by atoms with Crippen molar-refractivity contribution >= 4 is 27.8 Å². The summed E-state index contributed by atoms with van der Waals surface area (Å²) in [5.41, 5.74) is 8.96. The number of rotatable bonds is 14. The average molecular weight is 478 g/mol. The van der Waals surface area contributed by atoms with Gasteiger partial charge in [0.25, 0.3) is 0 Å². The highest BCUT2D eigenvalue weighted by Gasteiger charge is 2.18. The molecule has 0 saturated carbocycles. The van der Waals surface area contributed by atoms with Gasteiger partial charge in [-0.2, -0.15) is 9.29 Å². The fourth-order valence-corrected chi connectivity index (χ4v) is 4.50. The van der Waals surface area contributed by atoms with Gasteiger partial charge >= 0.3 is 5.97 Å². The van der Waals surface area contributed by atoms with E-state index in [9.17, 15) is 13.2 Å². The van der Waals surface area contributed by atoms with Gasteiger partial charge in [-0.1, -0.05) is 44.0 Å². The Hall–Kier alpha value is -2.72. The lowest BCUT2D eigenvalue weighted by molar-refractivity contribution is -0.136. The molecular weight excluding hydrogens is 442 g/mol. The highest BCUT2D eigenvalue weighted by atomic mass is 32.2. The largest absolute Gasteiger partial charge is 0.481 e. The number of unbranched alkanes of at least 4 members (excludes halogenated alkanes) is 2. The van der Waals surface area contributed by atoms with Crippen LogP contribution in [0.2, 0.25) is 0 Å². The molecule has 182 valence electrons. The maximum absolute atomic E-state index is 12.4. The van der Waals surface area contributed by atoms with E-state index in [4.69, 9.17) is 10.8 Å². The van der Waals surface area contributed by atoms with Crippen molar-refractivity contribution in [1.82, 2.24) is 14.3 Å². The van der Waals surface area contributed by atoms with Crippen LogP contribution >= 0.6 is 0 Å². The monoisotopic (exact) mass is 477 g/mol. The summed E-state index contributed by atoms with van der Waals surface area (Å²) in [4.78, 5) is 19.6. The standard InChI is InChI=1S/C23H35N5O4S/c1-4-5-6-12-25-22-20(17(2)26-23(24)27-22)11-8-13-28(33(3,31)32)16-19-10-7-9-18(14-19)15-21(29)30/h7,9-10,14H,4-6,8,11-13,15-16H2,1-3H3,(H,29,30)(H3,24,25,26,27). The van der Waals surface area contributed by atoms with Gasteiger partial charge in [0.15, 0.2) is 0 Å². The van der Waals surface area contributed by atoms with E-state index in [-0.39, 0.29) is 18.9 Å². The van der Waals surface area contributed by atoms with E-state index in [1.165, 1.54) is 10.6 Å². The smallest absolute Gasteiger partial charge is 0.307 e. The predicted octanol–water partition coefficient (Wildman–Crippen LogP) is 2.99. The van der Waals surface area contributed by atoms with Crippen molar-refractivity contribution in [1.29, 1.82) is 0 Å². The van der Waals surface area contributed by atoms with Crippen molar-refractivity contribution in [2.24, 2.45) is 0 Å². The van der Waals surface area contributed by atoms with Crippen LogP contribution < -0.4 is 11.1 Å². The van der Waals surface area contributed by atoms with Crippen LogP contribution in [0.15, 0.2) is 24.3 Å². The number of carboxylic acid groups (broad SMARTS) is 1. The molecule has 0 aliphatic carbocycles. The summed E-state index contributed by atoms with van der Waals surface area (Å²) < 4.78 is 26.2. The SMILES string of the molecule is CCCCCNc1nc(N)nc(C)c1CCCN(Cc1cccc(CC(=O)O)c1)S(C)(=O)=O. The van der Waals surface area contributed by atoms with Crippen molar-refractivity contribution in [3.05, 3.63) is 46.6 Å². The molecular formula is C23H35N5O4S. The number of hydrogen-bond acceptors (Lipinski definition) is 7. The Morgan fingerprint density at radius 1 is 1.18 bits per heavy atom. The molecule has 0 fully saturated rings. The lowest BCUT2D eigenvalue weighted by Crippen LogP contribution is -2.31. The van der Waals surface area contributed by atoms with E-state index in [0.29, 0.717) is 30.8 Å². The van der Waals surface area contributed by atoms with Crippen LogP contribution in [-0.2, 0) is 34.2 Å². The molecule has 0 radical (unpaired) electrons. The number of aliphatic carboxylic acids is 1. The minimum Gasteiger partial charge on any atom is -0.481 e. The lowest BCUT2D eigenvalue weighted by atomic mass is 10.1. The average Bonchev–Trinajstić information content (AvgIpc) is 2.71. The molecule has 0 unspecified atom stereocenters. The Morgan fingerprint density at radius 3 is 2.58 bits per heavy atom. The molecule has 0 amide bonds. The number of hydrogen-bond donors (Lipinski definition) is 3. The molecule has 1 heterocycles. The first-order chi connectivity index (χ1) is 15.6. The molecule has 0 aliphatic rings. The second-order valence-electron chi connectivity index (χ2n) is 8.22. The van der Waals surface area contributed by atoms with Crippen molar-refractivity contribution in [2.75, 3.05) is 30.4 Å². The molecule has 1 aromatic heterocycles. The Morgan fingerprint density at radius 2 is 1.91 bits per heavy atom. The summed E-state index contributed by atoms with van der Waals surface area (Å²) >= 11 is 0. The maximum Gasteiger partial charge on any atom is 0.307 e. The molecule has 10 heteroatoms. The van der Waals surface area contributed by atoms with Crippen molar-refractivity contribution < 1.29 is 18.3 Å². The number of carbonyl (C=O) groups is 1. The number of benzene rings is 1. The number of nitrogens with one attached hydrogen (secondary N) is 1. The lowest BCUT2D eigenvalue weighted by Gasteiger charge is -2.21. The van der Waals surface area contributed by atoms with E-state index >= 15 is 0 Å². The summed E-state index contributed by atoms with van der Waals surface area (Å²) in [7, 11) is -3.45. The van der Waals surface area contributed by atoms with Crippen LogP contribution in [-0.4, -0.2) is 53.1 Å². The molecule has 0 aliphatic heterocycles. The number of aryl methyl sites for hydroxylation is 1. The third kappa shape index (κ3) is 8.97. The van der Waals surface area contributed by atoms with Gasteiger partial charge < -0.3 is 16.2 Å². The molecule has 33 heavy (non-hydrogen) atoms. The van der Waals surface area contributed by atoms with Crippen molar-refractivity contribution in [2.45, 2.75) is 58.9 Å². The predicted molar refractivity (Wildman–Crippen MR) is 131 cm³/mol. The zero-order valence-electron chi connectivity index (χ0n) is 19.7. The number of nitrogen functional groups attached to an aromatic ring is 1. The zero-order valence-corrected chi connectivity index (χ0v) is 20.5. The molecule has 0 saturated heterocycles. The van der Waals surface area contributed by atoms with Gasteiger partial charge in [0, 0.05) is 30.9 Å². The number of anilines is 2. The zero-order chi connectivity index (χ0) is 24.4. The topological polar surface area (TPSA) is 139 Å². The van der Waals surface area contributed by atoms with Crippen LogP contribution in [0.25, 0.3) is 0 Å². The number of nitrogens with zero attached hydrogens (tertiary/aromatic N) is 3.